The van der Waals surface area contributed by atoms with Gasteiger partial charge < -0.3 is 10.5 Å². The first kappa shape index (κ1) is 20.7. The number of ether oxygens (including phenoxy) is 1. The second-order valence-electron chi connectivity index (χ2n) is 6.61. The van der Waals surface area contributed by atoms with Gasteiger partial charge >= 0.3 is 0 Å². The average molecular weight is 619 g/mol. The number of fused-ring (bicyclic) bond motifs is 3. The van der Waals surface area contributed by atoms with Gasteiger partial charge in [0.1, 0.15) is 34.8 Å². The van der Waals surface area contributed by atoms with Crippen LogP contribution in [0.3, 0.4) is 0 Å². The summed E-state index contributed by atoms with van der Waals surface area (Å²) in [4.78, 5) is 4.65. The Morgan fingerprint density at radius 1 is 1.13 bits per heavy atom. The van der Waals surface area contributed by atoms with Crippen molar-refractivity contribution in [1.29, 1.82) is 10.5 Å². The van der Waals surface area contributed by atoms with Crippen molar-refractivity contribution in [2.24, 2.45) is 0 Å². The topological polar surface area (TPSA) is 100 Å². The standard InChI is InChI=1S/C22H15I2N5O/c1-2-7-30-20-13(8-12(23)9-16(20)24)19-14(10-25)21(27)29-18-6-4-3-5-17(18)28-22(29)15(19)11-26/h3-6,8-9H,2,7,27H2,1H3. The summed E-state index contributed by atoms with van der Waals surface area (Å²) in [5, 5.41) is 20.2. The Labute approximate surface area is 200 Å². The number of pyridine rings is 1. The number of benzene rings is 2. The second kappa shape index (κ2) is 8.28. The van der Waals surface area contributed by atoms with Crippen LogP contribution in [-0.4, -0.2) is 16.0 Å². The van der Waals surface area contributed by atoms with Gasteiger partial charge in [0.2, 0.25) is 0 Å². The summed E-state index contributed by atoms with van der Waals surface area (Å²) in [7, 11) is 0. The molecule has 8 heteroatoms. The lowest BCUT2D eigenvalue weighted by Crippen LogP contribution is -2.07. The Kier molecular flexibility index (Phi) is 5.71. The van der Waals surface area contributed by atoms with Gasteiger partial charge in [-0.25, -0.2) is 4.98 Å². The highest BCUT2D eigenvalue weighted by atomic mass is 127. The fraction of sp³-hybridized carbons (Fsp3) is 0.136. The minimum absolute atomic E-state index is 0.237. The molecular formula is C22H15I2N5O. The van der Waals surface area contributed by atoms with Gasteiger partial charge in [0, 0.05) is 14.7 Å². The molecule has 0 aliphatic rings. The van der Waals surface area contributed by atoms with Gasteiger partial charge in [-0.1, -0.05) is 19.1 Å². The molecule has 0 aliphatic heterocycles. The van der Waals surface area contributed by atoms with Crippen molar-refractivity contribution in [3.63, 3.8) is 0 Å². The molecule has 0 fully saturated rings. The Balaban J connectivity index is 2.20. The van der Waals surface area contributed by atoms with Gasteiger partial charge in [-0.3, -0.25) is 4.40 Å². The number of anilines is 1. The minimum atomic E-state index is 0.237. The van der Waals surface area contributed by atoms with Crippen molar-refractivity contribution >= 4 is 67.7 Å². The van der Waals surface area contributed by atoms with Crippen LogP contribution in [0.1, 0.15) is 24.5 Å². The molecule has 2 N–H and O–H groups in total. The first-order valence-electron chi connectivity index (χ1n) is 9.16. The van der Waals surface area contributed by atoms with E-state index in [9.17, 15) is 10.5 Å². The predicted octanol–water partition coefficient (Wildman–Crippen LogP) is 5.48. The van der Waals surface area contributed by atoms with Crippen LogP contribution in [0.4, 0.5) is 5.82 Å². The van der Waals surface area contributed by atoms with Crippen LogP contribution < -0.4 is 10.5 Å². The number of nitrogens with two attached hydrogens (primary N) is 1. The van der Waals surface area contributed by atoms with Crippen LogP contribution in [0.5, 0.6) is 5.75 Å². The van der Waals surface area contributed by atoms with Crippen LogP contribution >= 0.6 is 45.2 Å². The predicted molar refractivity (Wildman–Crippen MR) is 133 cm³/mol. The molecule has 0 atom stereocenters. The molecule has 0 unspecified atom stereocenters. The van der Waals surface area contributed by atoms with Crippen LogP contribution in [0.15, 0.2) is 36.4 Å². The zero-order valence-electron chi connectivity index (χ0n) is 15.9. The van der Waals surface area contributed by atoms with Crippen molar-refractivity contribution in [2.75, 3.05) is 12.3 Å². The molecule has 0 saturated heterocycles. The number of aromatic nitrogens is 2. The number of rotatable bonds is 4. The molecule has 2 aromatic carbocycles. The second-order valence-corrected chi connectivity index (χ2v) is 9.01. The molecule has 30 heavy (non-hydrogen) atoms. The molecule has 4 rings (SSSR count). The Morgan fingerprint density at radius 3 is 2.57 bits per heavy atom. The lowest BCUT2D eigenvalue weighted by Gasteiger charge is -2.18. The number of nitrogen functional groups attached to an aromatic ring is 1. The number of hydrogen-bond acceptors (Lipinski definition) is 5. The Hall–Kier alpha value is -2.57. The van der Waals surface area contributed by atoms with Crippen molar-refractivity contribution in [3.05, 3.63) is 54.7 Å². The fourth-order valence-electron chi connectivity index (χ4n) is 3.50. The van der Waals surface area contributed by atoms with E-state index in [4.69, 9.17) is 10.5 Å². The van der Waals surface area contributed by atoms with Crippen molar-refractivity contribution in [2.45, 2.75) is 13.3 Å². The third-order valence-electron chi connectivity index (χ3n) is 4.73. The number of nitrogens with zero attached hydrogens (tertiary/aromatic N) is 4. The molecular weight excluding hydrogens is 604 g/mol. The van der Waals surface area contributed by atoms with Gasteiger partial charge in [0.15, 0.2) is 5.65 Å². The SMILES string of the molecule is CCCOc1c(I)cc(I)cc1-c1c(C#N)c(N)n2c(nc3ccccc32)c1C#N. The molecule has 2 heterocycles. The highest BCUT2D eigenvalue weighted by Gasteiger charge is 2.26. The summed E-state index contributed by atoms with van der Waals surface area (Å²) in [6, 6.07) is 15.9. The number of halogens is 2. The molecule has 0 bridgehead atoms. The average Bonchev–Trinajstić information content (AvgIpc) is 3.12. The molecule has 2 aromatic heterocycles. The number of imidazole rings is 1. The normalized spacial score (nSPS) is 10.8. The zero-order chi connectivity index (χ0) is 21.4. The van der Waals surface area contributed by atoms with Gasteiger partial charge in [-0.2, -0.15) is 10.5 Å². The van der Waals surface area contributed by atoms with E-state index in [1.165, 1.54) is 0 Å². The molecule has 0 spiro atoms. The van der Waals surface area contributed by atoms with E-state index in [-0.39, 0.29) is 11.4 Å². The van der Waals surface area contributed by atoms with Crippen molar-refractivity contribution in [3.8, 4) is 29.0 Å². The highest BCUT2D eigenvalue weighted by molar-refractivity contribution is 14.1. The monoisotopic (exact) mass is 619 g/mol. The summed E-state index contributed by atoms with van der Waals surface area (Å²) >= 11 is 4.44. The maximum Gasteiger partial charge on any atom is 0.158 e. The molecule has 0 saturated carbocycles. The van der Waals surface area contributed by atoms with E-state index in [0.717, 1.165) is 19.1 Å². The maximum absolute atomic E-state index is 10.1. The number of para-hydroxylation sites is 2. The third-order valence-corrected chi connectivity index (χ3v) is 6.16. The maximum atomic E-state index is 10.1. The van der Waals surface area contributed by atoms with E-state index < -0.39 is 0 Å². The number of nitriles is 2. The quantitative estimate of drug-likeness (QED) is 0.306. The fourth-order valence-corrected chi connectivity index (χ4v) is 5.50. The van der Waals surface area contributed by atoms with Crippen LogP contribution in [0, 0.1) is 29.8 Å². The number of hydrogen-bond donors (Lipinski definition) is 1. The first-order valence-corrected chi connectivity index (χ1v) is 11.3. The van der Waals surface area contributed by atoms with E-state index in [2.05, 4.69) is 62.3 Å². The van der Waals surface area contributed by atoms with Crippen LogP contribution in [0.25, 0.3) is 27.8 Å². The highest BCUT2D eigenvalue weighted by Crippen LogP contribution is 2.42. The van der Waals surface area contributed by atoms with Crippen molar-refractivity contribution < 1.29 is 4.74 Å². The van der Waals surface area contributed by atoms with Gasteiger partial charge in [-0.05, 0) is 75.9 Å². The molecule has 0 amide bonds. The third kappa shape index (κ3) is 3.24. The van der Waals surface area contributed by atoms with Gasteiger partial charge in [-0.15, -0.1) is 0 Å². The molecule has 4 aromatic rings. The summed E-state index contributed by atoms with van der Waals surface area (Å²) < 4.78 is 9.59. The minimum Gasteiger partial charge on any atom is -0.492 e. The molecule has 0 aliphatic carbocycles. The first-order chi connectivity index (χ1) is 14.5. The smallest absolute Gasteiger partial charge is 0.158 e. The van der Waals surface area contributed by atoms with Crippen LogP contribution in [0.2, 0.25) is 0 Å². The molecule has 148 valence electrons. The van der Waals surface area contributed by atoms with E-state index in [1.54, 1.807) is 4.40 Å². The summed E-state index contributed by atoms with van der Waals surface area (Å²) in [6.45, 7) is 2.55. The summed E-state index contributed by atoms with van der Waals surface area (Å²) in [5.41, 5.74) is 10.0. The van der Waals surface area contributed by atoms with Gasteiger partial charge in [0.05, 0.1) is 21.2 Å². The van der Waals surface area contributed by atoms with Crippen molar-refractivity contribution in [1.82, 2.24) is 9.38 Å². The molecule has 6 nitrogen and oxygen atoms in total. The summed E-state index contributed by atoms with van der Waals surface area (Å²) in [5.74, 6) is 0.899. The van der Waals surface area contributed by atoms with E-state index in [1.807, 2.05) is 43.3 Å². The van der Waals surface area contributed by atoms with Crippen LogP contribution in [-0.2, 0) is 0 Å². The Morgan fingerprint density at radius 2 is 1.87 bits per heavy atom. The summed E-state index contributed by atoms with van der Waals surface area (Å²) in [6.07, 6.45) is 0.838. The lowest BCUT2D eigenvalue weighted by molar-refractivity contribution is 0.316. The zero-order valence-corrected chi connectivity index (χ0v) is 20.2. The lowest BCUT2D eigenvalue weighted by atomic mass is 9.95. The largest absolute Gasteiger partial charge is 0.492 e. The van der Waals surface area contributed by atoms with E-state index in [0.29, 0.717) is 40.2 Å². The molecule has 0 radical (unpaired) electrons. The van der Waals surface area contributed by atoms with E-state index >= 15 is 0 Å². The van der Waals surface area contributed by atoms with Gasteiger partial charge in [0.25, 0.3) is 0 Å². The Bertz CT molecular complexity index is 1400.